The van der Waals surface area contributed by atoms with Gasteiger partial charge in [0.1, 0.15) is 0 Å². The Bertz CT molecular complexity index is 313. The van der Waals surface area contributed by atoms with Gasteiger partial charge in [0.2, 0.25) is 0 Å². The van der Waals surface area contributed by atoms with Crippen molar-refractivity contribution < 1.29 is 18.3 Å². The molecule has 0 aliphatic carbocycles. The number of thiazole rings is 1. The Balaban J connectivity index is 2.67. The summed E-state index contributed by atoms with van der Waals surface area (Å²) in [4.78, 5) is 3.52. The van der Waals surface area contributed by atoms with Crippen LogP contribution in [-0.2, 0) is 6.18 Å². The van der Waals surface area contributed by atoms with E-state index < -0.39 is 17.3 Å². The van der Waals surface area contributed by atoms with Crippen molar-refractivity contribution in [2.75, 3.05) is 12.0 Å². The number of aliphatic hydroxyl groups is 1. The van der Waals surface area contributed by atoms with E-state index in [4.69, 9.17) is 0 Å². The van der Waals surface area contributed by atoms with Crippen LogP contribution in [0.25, 0.3) is 0 Å². The van der Waals surface area contributed by atoms with Crippen LogP contribution in [0.4, 0.5) is 13.2 Å². The number of nitrogens with zero attached hydrogens (tertiary/aromatic N) is 1. The lowest BCUT2D eigenvalue weighted by atomic mass is 10.2. The summed E-state index contributed by atoms with van der Waals surface area (Å²) in [6.07, 6.45) is -1.84. The quantitative estimate of drug-likeness (QED) is 0.900. The first-order chi connectivity index (χ1) is 6.95. The average molecular weight is 257 g/mol. The monoisotopic (exact) mass is 257 g/mol. The van der Waals surface area contributed by atoms with Crippen molar-refractivity contribution in [3.05, 3.63) is 16.1 Å². The summed E-state index contributed by atoms with van der Waals surface area (Å²) in [6.45, 7) is 0. The van der Waals surface area contributed by atoms with E-state index in [0.29, 0.717) is 23.5 Å². The highest BCUT2D eigenvalue weighted by atomic mass is 32.2. The molecule has 1 N–H and O–H groups in total. The maximum absolute atomic E-state index is 12.2. The van der Waals surface area contributed by atoms with Crippen molar-refractivity contribution >= 4 is 23.1 Å². The van der Waals surface area contributed by atoms with Crippen molar-refractivity contribution in [1.29, 1.82) is 0 Å². The zero-order valence-corrected chi connectivity index (χ0v) is 9.55. The average Bonchev–Trinajstić information content (AvgIpc) is 2.62. The van der Waals surface area contributed by atoms with E-state index in [2.05, 4.69) is 4.98 Å². The number of hydrogen-bond donors (Lipinski definition) is 1. The molecule has 0 saturated carbocycles. The molecule has 0 aliphatic rings. The molecule has 7 heteroatoms. The van der Waals surface area contributed by atoms with Crippen LogP contribution in [0.1, 0.15) is 22.4 Å². The van der Waals surface area contributed by atoms with Crippen molar-refractivity contribution in [3.8, 4) is 0 Å². The lowest BCUT2D eigenvalue weighted by molar-refractivity contribution is -0.137. The van der Waals surface area contributed by atoms with Gasteiger partial charge in [-0.15, -0.1) is 11.3 Å². The third kappa shape index (κ3) is 3.66. The van der Waals surface area contributed by atoms with Crippen LogP contribution in [0.15, 0.2) is 6.20 Å². The van der Waals surface area contributed by atoms with E-state index in [1.165, 1.54) is 11.8 Å². The summed E-state index contributed by atoms with van der Waals surface area (Å²) in [6, 6.07) is 0. The van der Waals surface area contributed by atoms with Gasteiger partial charge >= 0.3 is 6.18 Å². The van der Waals surface area contributed by atoms with Crippen LogP contribution in [0.5, 0.6) is 0 Å². The molecular formula is C8H10F3NOS2. The van der Waals surface area contributed by atoms with E-state index >= 15 is 0 Å². The molecule has 0 saturated heterocycles. The lowest BCUT2D eigenvalue weighted by Crippen LogP contribution is -2.03. The molecule has 1 rings (SSSR count). The second kappa shape index (κ2) is 5.18. The first-order valence-corrected chi connectivity index (χ1v) is 6.36. The van der Waals surface area contributed by atoms with E-state index in [1.54, 1.807) is 0 Å². The fraction of sp³-hybridized carbons (Fsp3) is 0.625. The van der Waals surface area contributed by atoms with E-state index in [9.17, 15) is 18.3 Å². The van der Waals surface area contributed by atoms with Crippen molar-refractivity contribution in [2.24, 2.45) is 0 Å². The molecule has 0 aliphatic heterocycles. The SMILES string of the molecule is CSCCC(O)c1cnc(C(F)(F)F)s1. The minimum absolute atomic E-state index is 0.274. The molecule has 0 spiro atoms. The number of thioether (sulfide) groups is 1. The van der Waals surface area contributed by atoms with Crippen LogP contribution in [-0.4, -0.2) is 22.1 Å². The van der Waals surface area contributed by atoms with Gasteiger partial charge in [0.25, 0.3) is 0 Å². The predicted molar refractivity (Wildman–Crippen MR) is 55.1 cm³/mol. The van der Waals surface area contributed by atoms with E-state index in [1.807, 2.05) is 6.26 Å². The van der Waals surface area contributed by atoms with E-state index in [0.717, 1.165) is 6.20 Å². The molecule has 0 amide bonds. The van der Waals surface area contributed by atoms with Gasteiger partial charge in [0.05, 0.1) is 11.0 Å². The van der Waals surface area contributed by atoms with Gasteiger partial charge in [-0.1, -0.05) is 0 Å². The summed E-state index contributed by atoms with van der Waals surface area (Å²) in [5.41, 5.74) is 0. The van der Waals surface area contributed by atoms with Crippen molar-refractivity contribution in [1.82, 2.24) is 4.98 Å². The summed E-state index contributed by atoms with van der Waals surface area (Å²) in [5.74, 6) is 0.709. The molecule has 1 aromatic heterocycles. The maximum atomic E-state index is 12.2. The Hall–Kier alpha value is -0.270. The molecule has 1 unspecified atom stereocenters. The Morgan fingerprint density at radius 2 is 2.27 bits per heavy atom. The number of rotatable bonds is 4. The summed E-state index contributed by atoms with van der Waals surface area (Å²) in [7, 11) is 0. The maximum Gasteiger partial charge on any atom is 0.443 e. The molecule has 1 aromatic rings. The molecule has 2 nitrogen and oxygen atoms in total. The second-order valence-corrected chi connectivity index (χ2v) is 4.91. The van der Waals surface area contributed by atoms with Gasteiger partial charge in [0.15, 0.2) is 5.01 Å². The molecule has 1 heterocycles. The Morgan fingerprint density at radius 1 is 1.60 bits per heavy atom. The number of aromatic nitrogens is 1. The van der Waals surface area contributed by atoms with Gasteiger partial charge in [-0.3, -0.25) is 0 Å². The fourth-order valence-electron chi connectivity index (χ4n) is 0.943. The highest BCUT2D eigenvalue weighted by Gasteiger charge is 2.35. The third-order valence-corrected chi connectivity index (χ3v) is 3.48. The second-order valence-electron chi connectivity index (χ2n) is 2.86. The molecule has 86 valence electrons. The summed E-state index contributed by atoms with van der Waals surface area (Å²) >= 11 is 2.04. The number of alkyl halides is 3. The van der Waals surface area contributed by atoms with Gasteiger partial charge < -0.3 is 5.11 Å². The van der Waals surface area contributed by atoms with Gasteiger partial charge in [-0.05, 0) is 18.4 Å². The normalized spacial score (nSPS) is 14.2. The molecule has 1 atom stereocenters. The molecule has 15 heavy (non-hydrogen) atoms. The number of halogens is 3. The zero-order valence-electron chi connectivity index (χ0n) is 7.91. The minimum Gasteiger partial charge on any atom is -0.387 e. The number of hydrogen-bond acceptors (Lipinski definition) is 4. The highest BCUT2D eigenvalue weighted by Crippen LogP contribution is 2.35. The molecule has 0 radical (unpaired) electrons. The Labute approximate surface area is 93.5 Å². The van der Waals surface area contributed by atoms with Crippen LogP contribution < -0.4 is 0 Å². The van der Waals surface area contributed by atoms with Crippen molar-refractivity contribution in [3.63, 3.8) is 0 Å². The highest BCUT2D eigenvalue weighted by molar-refractivity contribution is 7.98. The van der Waals surface area contributed by atoms with Crippen LogP contribution in [0, 0.1) is 0 Å². The van der Waals surface area contributed by atoms with Gasteiger partial charge in [0, 0.05) is 6.20 Å². The summed E-state index contributed by atoms with van der Waals surface area (Å²) in [5, 5.41) is 8.62. The molecule has 0 fully saturated rings. The van der Waals surface area contributed by atoms with Crippen molar-refractivity contribution in [2.45, 2.75) is 18.7 Å². The predicted octanol–water partition coefficient (Wildman–Crippen LogP) is 2.95. The molecular weight excluding hydrogens is 247 g/mol. The molecule has 0 bridgehead atoms. The minimum atomic E-state index is -4.41. The van der Waals surface area contributed by atoms with Crippen LogP contribution in [0.2, 0.25) is 0 Å². The zero-order chi connectivity index (χ0) is 11.5. The smallest absolute Gasteiger partial charge is 0.387 e. The van der Waals surface area contributed by atoms with E-state index in [-0.39, 0.29) is 4.88 Å². The fourth-order valence-corrected chi connectivity index (χ4v) is 2.21. The van der Waals surface area contributed by atoms with Crippen LogP contribution in [0.3, 0.4) is 0 Å². The largest absolute Gasteiger partial charge is 0.443 e. The first kappa shape index (κ1) is 12.8. The topological polar surface area (TPSA) is 33.1 Å². The van der Waals surface area contributed by atoms with Gasteiger partial charge in [-0.2, -0.15) is 24.9 Å². The molecule has 0 aromatic carbocycles. The first-order valence-electron chi connectivity index (χ1n) is 4.15. The van der Waals surface area contributed by atoms with Gasteiger partial charge in [-0.25, -0.2) is 4.98 Å². The standard InChI is InChI=1S/C8H10F3NOS2/c1-14-3-2-5(13)6-4-12-7(15-6)8(9,10)11/h4-5,13H,2-3H2,1H3. The Morgan fingerprint density at radius 3 is 2.73 bits per heavy atom. The Kier molecular flexibility index (Phi) is 4.42. The summed E-state index contributed by atoms with van der Waals surface area (Å²) < 4.78 is 36.5. The van der Waals surface area contributed by atoms with Crippen LogP contribution >= 0.6 is 23.1 Å². The number of aliphatic hydroxyl groups excluding tert-OH is 1. The lowest BCUT2D eigenvalue weighted by Gasteiger charge is -2.05. The third-order valence-electron chi connectivity index (χ3n) is 1.69.